The second kappa shape index (κ2) is 9.17. The van der Waals surface area contributed by atoms with Crippen molar-refractivity contribution in [2.75, 3.05) is 39.2 Å². The molecule has 5 nitrogen and oxygen atoms in total. The quantitative estimate of drug-likeness (QED) is 0.573. The summed E-state index contributed by atoms with van der Waals surface area (Å²) in [5.41, 5.74) is 3.12. The molecule has 1 aromatic heterocycles. The number of benzene rings is 2. The molecule has 3 aromatic rings. The summed E-state index contributed by atoms with van der Waals surface area (Å²) in [6, 6.07) is 13.9. The number of amides is 1. The first-order chi connectivity index (χ1) is 13.5. The van der Waals surface area contributed by atoms with E-state index in [4.69, 9.17) is 9.72 Å². The van der Waals surface area contributed by atoms with Crippen LogP contribution >= 0.6 is 11.3 Å². The van der Waals surface area contributed by atoms with Crippen molar-refractivity contribution in [2.24, 2.45) is 0 Å². The van der Waals surface area contributed by atoms with Crippen LogP contribution in [0.1, 0.15) is 17.5 Å². The highest BCUT2D eigenvalue weighted by Crippen LogP contribution is 2.30. The Kier molecular flexibility index (Phi) is 6.65. The topological polar surface area (TPSA) is 45.7 Å². The summed E-state index contributed by atoms with van der Waals surface area (Å²) >= 11 is 1.58. The Morgan fingerprint density at radius 3 is 2.54 bits per heavy atom. The van der Waals surface area contributed by atoms with Crippen LogP contribution in [0.5, 0.6) is 5.75 Å². The molecule has 0 aliphatic heterocycles. The predicted octanol–water partition coefficient (Wildman–Crippen LogP) is 4.14. The Hall–Kier alpha value is -2.44. The summed E-state index contributed by atoms with van der Waals surface area (Å²) in [4.78, 5) is 21.8. The van der Waals surface area contributed by atoms with Crippen molar-refractivity contribution in [1.82, 2.24) is 9.88 Å². The number of aryl methyl sites for hydroxylation is 1. The third kappa shape index (κ3) is 5.09. The lowest BCUT2D eigenvalue weighted by atomic mass is 10.1. The molecule has 0 atom stereocenters. The minimum atomic E-state index is 0.0692. The Morgan fingerprint density at radius 2 is 1.86 bits per heavy atom. The van der Waals surface area contributed by atoms with Crippen molar-refractivity contribution in [3.05, 3.63) is 53.6 Å². The Labute approximate surface area is 170 Å². The molecule has 148 valence electrons. The number of carbonyl (C=O) groups excluding carboxylic acids is 1. The van der Waals surface area contributed by atoms with Crippen molar-refractivity contribution >= 4 is 32.6 Å². The van der Waals surface area contributed by atoms with Gasteiger partial charge in [-0.25, -0.2) is 4.98 Å². The molecule has 1 heterocycles. The maximum Gasteiger partial charge on any atom is 0.233 e. The number of rotatable bonds is 8. The highest BCUT2D eigenvalue weighted by atomic mass is 32.1. The van der Waals surface area contributed by atoms with Crippen molar-refractivity contribution in [2.45, 2.75) is 19.8 Å². The maximum absolute atomic E-state index is 13.1. The molecule has 3 rings (SSSR count). The molecule has 1 amide bonds. The molecular formula is C22H27N3O2S. The fourth-order valence-electron chi connectivity index (χ4n) is 3.02. The number of fused-ring (bicyclic) bond motifs is 1. The van der Waals surface area contributed by atoms with Crippen LogP contribution in [-0.2, 0) is 11.2 Å². The van der Waals surface area contributed by atoms with Crippen LogP contribution in [-0.4, -0.2) is 50.1 Å². The zero-order chi connectivity index (χ0) is 20.1. The molecule has 0 radical (unpaired) electrons. The minimum Gasteiger partial charge on any atom is -0.497 e. The molecule has 0 spiro atoms. The summed E-state index contributed by atoms with van der Waals surface area (Å²) in [6.45, 7) is 3.66. The number of anilines is 1. The zero-order valence-corrected chi connectivity index (χ0v) is 17.8. The highest BCUT2D eigenvalue weighted by Gasteiger charge is 2.20. The number of aromatic nitrogens is 1. The number of thiazole rings is 1. The number of ether oxygens (including phenoxy) is 1. The van der Waals surface area contributed by atoms with Crippen LogP contribution in [0.4, 0.5) is 5.13 Å². The van der Waals surface area contributed by atoms with E-state index in [-0.39, 0.29) is 5.91 Å². The lowest BCUT2D eigenvalue weighted by Crippen LogP contribution is -2.34. The first kappa shape index (κ1) is 20.3. The van der Waals surface area contributed by atoms with Crippen LogP contribution in [0.15, 0.2) is 42.5 Å². The molecule has 28 heavy (non-hydrogen) atoms. The molecule has 2 aromatic carbocycles. The van der Waals surface area contributed by atoms with E-state index >= 15 is 0 Å². The number of hydrogen-bond acceptors (Lipinski definition) is 5. The van der Waals surface area contributed by atoms with Crippen LogP contribution in [0.2, 0.25) is 0 Å². The minimum absolute atomic E-state index is 0.0692. The van der Waals surface area contributed by atoms with E-state index in [1.807, 2.05) is 49.3 Å². The summed E-state index contributed by atoms with van der Waals surface area (Å²) < 4.78 is 6.32. The number of carbonyl (C=O) groups is 1. The Morgan fingerprint density at radius 1 is 1.11 bits per heavy atom. The number of nitrogens with zero attached hydrogens (tertiary/aromatic N) is 3. The average Bonchev–Trinajstić information content (AvgIpc) is 3.08. The molecule has 0 N–H and O–H groups in total. The largest absolute Gasteiger partial charge is 0.497 e. The Balaban J connectivity index is 1.82. The molecule has 0 unspecified atom stereocenters. The number of hydrogen-bond donors (Lipinski definition) is 0. The van der Waals surface area contributed by atoms with Gasteiger partial charge in [0.15, 0.2) is 5.13 Å². The van der Waals surface area contributed by atoms with E-state index in [9.17, 15) is 4.79 Å². The van der Waals surface area contributed by atoms with E-state index in [1.54, 1.807) is 18.4 Å². The molecule has 0 aliphatic carbocycles. The zero-order valence-electron chi connectivity index (χ0n) is 16.9. The second-order valence-electron chi connectivity index (χ2n) is 7.19. The fraction of sp³-hybridized carbons (Fsp3) is 0.364. The summed E-state index contributed by atoms with van der Waals surface area (Å²) in [5.74, 6) is 0.861. The third-order valence-electron chi connectivity index (χ3n) is 4.57. The smallest absolute Gasteiger partial charge is 0.233 e. The van der Waals surface area contributed by atoms with Crippen molar-refractivity contribution in [3.63, 3.8) is 0 Å². The molecular weight excluding hydrogens is 370 g/mol. The Bertz CT molecular complexity index is 935. The first-order valence-electron chi connectivity index (χ1n) is 9.41. The van der Waals surface area contributed by atoms with Gasteiger partial charge in [-0.3, -0.25) is 9.69 Å². The molecule has 0 saturated carbocycles. The average molecular weight is 398 g/mol. The summed E-state index contributed by atoms with van der Waals surface area (Å²) in [7, 11) is 5.73. The van der Waals surface area contributed by atoms with Gasteiger partial charge in [-0.15, -0.1) is 0 Å². The lowest BCUT2D eigenvalue weighted by Gasteiger charge is -2.21. The molecule has 0 fully saturated rings. The van der Waals surface area contributed by atoms with Crippen LogP contribution in [0.25, 0.3) is 10.2 Å². The van der Waals surface area contributed by atoms with Gasteiger partial charge >= 0.3 is 0 Å². The molecule has 6 heteroatoms. The lowest BCUT2D eigenvalue weighted by molar-refractivity contribution is -0.118. The van der Waals surface area contributed by atoms with Gasteiger partial charge in [0, 0.05) is 6.54 Å². The monoisotopic (exact) mass is 397 g/mol. The fourth-order valence-corrected chi connectivity index (χ4v) is 4.13. The molecule has 0 saturated heterocycles. The van der Waals surface area contributed by atoms with Gasteiger partial charge in [-0.1, -0.05) is 29.5 Å². The highest BCUT2D eigenvalue weighted by molar-refractivity contribution is 7.22. The number of methoxy groups -OCH3 is 1. The molecule has 0 bridgehead atoms. The summed E-state index contributed by atoms with van der Waals surface area (Å²) in [6.07, 6.45) is 1.25. The van der Waals surface area contributed by atoms with Crippen molar-refractivity contribution in [3.8, 4) is 5.75 Å². The van der Waals surface area contributed by atoms with Gasteiger partial charge in [0.05, 0.1) is 23.7 Å². The van der Waals surface area contributed by atoms with Crippen molar-refractivity contribution in [1.29, 1.82) is 0 Å². The molecule has 0 aliphatic rings. The first-order valence-corrected chi connectivity index (χ1v) is 10.2. The third-order valence-corrected chi connectivity index (χ3v) is 5.61. The van der Waals surface area contributed by atoms with Gasteiger partial charge in [0.1, 0.15) is 5.75 Å². The van der Waals surface area contributed by atoms with Crippen LogP contribution in [0, 0.1) is 6.92 Å². The van der Waals surface area contributed by atoms with Gasteiger partial charge in [0.25, 0.3) is 0 Å². The standard InChI is InChI=1S/C22H27N3O2S/c1-16-6-11-19-20(14-16)28-22(23-19)25(13-5-12-24(2)3)21(26)15-17-7-9-18(27-4)10-8-17/h6-11,14H,5,12-13,15H2,1-4H3. The van der Waals surface area contributed by atoms with Gasteiger partial charge in [0.2, 0.25) is 5.91 Å². The normalized spacial score (nSPS) is 11.2. The van der Waals surface area contributed by atoms with Gasteiger partial charge in [-0.05, 0) is 69.4 Å². The van der Waals surface area contributed by atoms with Crippen LogP contribution in [0.3, 0.4) is 0 Å². The van der Waals surface area contributed by atoms with Gasteiger partial charge in [-0.2, -0.15) is 0 Å². The second-order valence-corrected chi connectivity index (χ2v) is 8.20. The maximum atomic E-state index is 13.1. The van der Waals surface area contributed by atoms with Gasteiger partial charge < -0.3 is 9.64 Å². The van der Waals surface area contributed by atoms with E-state index in [0.29, 0.717) is 13.0 Å². The van der Waals surface area contributed by atoms with E-state index in [1.165, 1.54) is 5.56 Å². The summed E-state index contributed by atoms with van der Waals surface area (Å²) in [5, 5.41) is 0.776. The predicted molar refractivity (Wildman–Crippen MR) is 117 cm³/mol. The van der Waals surface area contributed by atoms with Crippen molar-refractivity contribution < 1.29 is 9.53 Å². The van der Waals surface area contributed by atoms with Crippen LogP contribution < -0.4 is 9.64 Å². The van der Waals surface area contributed by atoms with E-state index in [2.05, 4.69) is 24.0 Å². The van der Waals surface area contributed by atoms with E-state index < -0.39 is 0 Å². The van der Waals surface area contributed by atoms with E-state index in [0.717, 1.165) is 39.6 Å². The SMILES string of the molecule is COc1ccc(CC(=O)N(CCCN(C)C)c2nc3ccc(C)cc3s2)cc1.